The van der Waals surface area contributed by atoms with Crippen LogP contribution in [0.5, 0.6) is 0 Å². The number of hydrogen-bond acceptors (Lipinski definition) is 2. The number of methoxy groups -OCH3 is 1. The molecule has 0 aromatic carbocycles. The van der Waals surface area contributed by atoms with Gasteiger partial charge < -0.3 is 4.74 Å². The van der Waals surface area contributed by atoms with Crippen molar-refractivity contribution in [3.05, 3.63) is 12.2 Å². The van der Waals surface area contributed by atoms with Gasteiger partial charge >= 0.3 is 5.97 Å². The van der Waals surface area contributed by atoms with E-state index in [4.69, 9.17) is 0 Å². The van der Waals surface area contributed by atoms with Gasteiger partial charge in [0.2, 0.25) is 0 Å². The van der Waals surface area contributed by atoms with Gasteiger partial charge in [0.25, 0.3) is 0 Å². The first-order valence-corrected chi connectivity index (χ1v) is 4.53. The molecule has 0 aromatic heterocycles. The summed E-state index contributed by atoms with van der Waals surface area (Å²) in [4.78, 5) is 11.1. The van der Waals surface area contributed by atoms with Crippen LogP contribution < -0.4 is 0 Å². The number of carbonyl (C=O) groups excluding carboxylic acids is 1. The van der Waals surface area contributed by atoms with Gasteiger partial charge in [0.15, 0.2) is 0 Å². The molecule has 0 spiro atoms. The Morgan fingerprint density at radius 2 is 2.00 bits per heavy atom. The average Bonchev–Trinajstić information content (AvgIpc) is 2.56. The van der Waals surface area contributed by atoms with Crippen LogP contribution in [0.4, 0.5) is 0 Å². The minimum atomic E-state index is -0.214. The fourth-order valence-corrected chi connectivity index (χ4v) is 2.61. The first kappa shape index (κ1) is 7.84. The minimum Gasteiger partial charge on any atom is -0.466 e. The highest BCUT2D eigenvalue weighted by Crippen LogP contribution is 2.60. The zero-order valence-corrected chi connectivity index (χ0v) is 7.38. The summed E-state index contributed by atoms with van der Waals surface area (Å²) in [5, 5.41) is 0. The second-order valence-corrected chi connectivity index (χ2v) is 3.80. The molecule has 2 nitrogen and oxygen atoms in total. The Balaban J connectivity index is 1.96. The summed E-state index contributed by atoms with van der Waals surface area (Å²) in [5.41, 5.74) is 0.701. The Bertz CT molecular complexity index is 222. The molecule has 0 amide bonds. The summed E-state index contributed by atoms with van der Waals surface area (Å²) in [7, 11) is 1.42. The van der Waals surface area contributed by atoms with Crippen LogP contribution in [0.15, 0.2) is 12.2 Å². The molecule has 66 valence electrons. The quantitative estimate of drug-likeness (QED) is 0.461. The monoisotopic (exact) mass is 166 g/mol. The lowest BCUT2D eigenvalue weighted by Gasteiger charge is -2.04. The lowest BCUT2D eigenvalue weighted by Crippen LogP contribution is -2.07. The van der Waals surface area contributed by atoms with Gasteiger partial charge in [0.05, 0.1) is 7.11 Å². The van der Waals surface area contributed by atoms with E-state index < -0.39 is 0 Å². The van der Waals surface area contributed by atoms with Gasteiger partial charge in [-0.05, 0) is 30.6 Å². The van der Waals surface area contributed by atoms with Gasteiger partial charge in [0, 0.05) is 5.57 Å². The predicted octanol–water partition coefficient (Wildman–Crippen LogP) is 1.76. The van der Waals surface area contributed by atoms with E-state index in [1.54, 1.807) is 0 Å². The molecular formula is C10H14O2. The van der Waals surface area contributed by atoms with Crippen LogP contribution in [0.1, 0.15) is 19.3 Å². The predicted molar refractivity (Wildman–Crippen MR) is 45.5 cm³/mol. The van der Waals surface area contributed by atoms with E-state index in [2.05, 4.69) is 11.3 Å². The molecule has 0 radical (unpaired) electrons. The van der Waals surface area contributed by atoms with Crippen LogP contribution in [0.25, 0.3) is 0 Å². The van der Waals surface area contributed by atoms with E-state index in [1.165, 1.54) is 26.4 Å². The van der Waals surface area contributed by atoms with Gasteiger partial charge in [-0.3, -0.25) is 0 Å². The number of ether oxygens (including phenoxy) is 1. The van der Waals surface area contributed by atoms with Crippen molar-refractivity contribution in [2.24, 2.45) is 17.8 Å². The fraction of sp³-hybridized carbons (Fsp3) is 0.700. The van der Waals surface area contributed by atoms with Crippen molar-refractivity contribution >= 4 is 5.97 Å². The zero-order valence-electron chi connectivity index (χ0n) is 7.38. The van der Waals surface area contributed by atoms with E-state index in [-0.39, 0.29) is 5.97 Å². The molecule has 0 aliphatic heterocycles. The number of esters is 1. The van der Waals surface area contributed by atoms with Crippen molar-refractivity contribution < 1.29 is 9.53 Å². The highest BCUT2D eigenvalue weighted by molar-refractivity contribution is 5.89. The zero-order chi connectivity index (χ0) is 8.72. The van der Waals surface area contributed by atoms with Gasteiger partial charge in [-0.2, -0.15) is 0 Å². The molecular weight excluding hydrogens is 152 g/mol. The van der Waals surface area contributed by atoms with Crippen molar-refractivity contribution in [2.45, 2.75) is 19.3 Å². The average molecular weight is 166 g/mol. The third-order valence-electron chi connectivity index (χ3n) is 3.26. The molecule has 2 saturated carbocycles. The SMILES string of the molecule is C=C(C(=O)OC)C1C2CCCC21. The molecule has 2 rings (SSSR count). The van der Waals surface area contributed by atoms with E-state index in [0.29, 0.717) is 11.5 Å². The number of carbonyl (C=O) groups is 1. The Labute approximate surface area is 72.6 Å². The molecule has 0 N–H and O–H groups in total. The summed E-state index contributed by atoms with van der Waals surface area (Å²) < 4.78 is 4.64. The second kappa shape index (κ2) is 2.61. The minimum absolute atomic E-state index is 0.214. The first-order valence-electron chi connectivity index (χ1n) is 4.53. The largest absolute Gasteiger partial charge is 0.466 e. The smallest absolute Gasteiger partial charge is 0.333 e. The Morgan fingerprint density at radius 1 is 1.42 bits per heavy atom. The van der Waals surface area contributed by atoms with Gasteiger partial charge in [-0.1, -0.05) is 13.0 Å². The van der Waals surface area contributed by atoms with E-state index in [1.807, 2.05) is 0 Å². The maximum Gasteiger partial charge on any atom is 0.333 e. The maximum atomic E-state index is 11.1. The molecule has 2 unspecified atom stereocenters. The van der Waals surface area contributed by atoms with Crippen molar-refractivity contribution in [3.63, 3.8) is 0 Å². The summed E-state index contributed by atoms with van der Waals surface area (Å²) in [5.74, 6) is 1.77. The highest BCUT2D eigenvalue weighted by atomic mass is 16.5. The molecule has 12 heavy (non-hydrogen) atoms. The lowest BCUT2D eigenvalue weighted by molar-refractivity contribution is -0.136. The Hall–Kier alpha value is -0.790. The molecule has 2 aliphatic carbocycles. The highest BCUT2D eigenvalue weighted by Gasteiger charge is 2.55. The van der Waals surface area contributed by atoms with Crippen molar-refractivity contribution in [3.8, 4) is 0 Å². The second-order valence-electron chi connectivity index (χ2n) is 3.80. The lowest BCUT2D eigenvalue weighted by atomic mass is 10.1. The van der Waals surface area contributed by atoms with Crippen LogP contribution in [-0.4, -0.2) is 13.1 Å². The fourth-order valence-electron chi connectivity index (χ4n) is 2.61. The summed E-state index contributed by atoms with van der Waals surface area (Å²) >= 11 is 0. The summed E-state index contributed by atoms with van der Waals surface area (Å²) in [6.45, 7) is 3.80. The van der Waals surface area contributed by atoms with Crippen LogP contribution >= 0.6 is 0 Å². The molecule has 2 heteroatoms. The third-order valence-corrected chi connectivity index (χ3v) is 3.26. The maximum absolute atomic E-state index is 11.1. The number of rotatable bonds is 2. The van der Waals surface area contributed by atoms with Gasteiger partial charge in [-0.15, -0.1) is 0 Å². The number of hydrogen-bond donors (Lipinski definition) is 0. The van der Waals surface area contributed by atoms with Crippen molar-refractivity contribution in [1.29, 1.82) is 0 Å². The molecule has 2 aliphatic rings. The summed E-state index contributed by atoms with van der Waals surface area (Å²) in [6.07, 6.45) is 3.90. The molecule has 0 aromatic rings. The third kappa shape index (κ3) is 0.977. The van der Waals surface area contributed by atoms with Crippen LogP contribution in [0.2, 0.25) is 0 Å². The number of fused-ring (bicyclic) bond motifs is 1. The van der Waals surface area contributed by atoms with Gasteiger partial charge in [-0.25, -0.2) is 4.79 Å². The molecule has 0 heterocycles. The van der Waals surface area contributed by atoms with Crippen molar-refractivity contribution in [2.75, 3.05) is 7.11 Å². The Kier molecular flexibility index (Phi) is 1.71. The standard InChI is InChI=1S/C10H14O2/c1-6(10(11)12-2)9-7-4-3-5-8(7)9/h7-9H,1,3-5H2,2H3. The molecule has 0 saturated heterocycles. The summed E-state index contributed by atoms with van der Waals surface area (Å²) in [6, 6.07) is 0. The van der Waals surface area contributed by atoms with Crippen LogP contribution in [0.3, 0.4) is 0 Å². The molecule has 2 atom stereocenters. The van der Waals surface area contributed by atoms with E-state index in [9.17, 15) is 4.79 Å². The Morgan fingerprint density at radius 3 is 2.50 bits per heavy atom. The van der Waals surface area contributed by atoms with E-state index in [0.717, 1.165) is 11.8 Å². The van der Waals surface area contributed by atoms with E-state index >= 15 is 0 Å². The van der Waals surface area contributed by atoms with Crippen molar-refractivity contribution in [1.82, 2.24) is 0 Å². The van der Waals surface area contributed by atoms with Crippen LogP contribution in [0, 0.1) is 17.8 Å². The first-order chi connectivity index (χ1) is 5.75. The molecule has 2 fully saturated rings. The molecule has 0 bridgehead atoms. The topological polar surface area (TPSA) is 26.3 Å². The van der Waals surface area contributed by atoms with Gasteiger partial charge in [0.1, 0.15) is 0 Å². The normalized spacial score (nSPS) is 37.2. The van der Waals surface area contributed by atoms with Crippen LogP contribution in [-0.2, 0) is 9.53 Å².